The van der Waals surface area contributed by atoms with Crippen molar-refractivity contribution >= 4 is 62.2 Å². The van der Waals surface area contributed by atoms with Gasteiger partial charge in [-0.3, -0.25) is 9.59 Å². The van der Waals surface area contributed by atoms with E-state index >= 15 is 0 Å². The van der Waals surface area contributed by atoms with Gasteiger partial charge in [0.1, 0.15) is 12.4 Å². The summed E-state index contributed by atoms with van der Waals surface area (Å²) in [5, 5.41) is 0.194. The summed E-state index contributed by atoms with van der Waals surface area (Å²) >= 11 is 10.2. The van der Waals surface area contributed by atoms with Gasteiger partial charge in [-0.2, -0.15) is 0 Å². The summed E-state index contributed by atoms with van der Waals surface area (Å²) in [5.74, 6) is 0.272. The molecule has 1 fully saturated rings. The molecular formula is C23H15BrClNO3S. The van der Waals surface area contributed by atoms with Crippen molar-refractivity contribution < 1.29 is 14.3 Å². The highest BCUT2D eigenvalue weighted by molar-refractivity contribution is 9.10. The molecule has 30 heavy (non-hydrogen) atoms. The van der Waals surface area contributed by atoms with Gasteiger partial charge in [-0.15, -0.1) is 0 Å². The van der Waals surface area contributed by atoms with Gasteiger partial charge in [0.2, 0.25) is 0 Å². The Labute approximate surface area is 191 Å². The van der Waals surface area contributed by atoms with Crippen molar-refractivity contribution in [2.45, 2.75) is 6.61 Å². The second kappa shape index (κ2) is 9.08. The monoisotopic (exact) mass is 499 g/mol. The van der Waals surface area contributed by atoms with Gasteiger partial charge in [-0.05, 0) is 65.9 Å². The molecular weight excluding hydrogens is 486 g/mol. The van der Waals surface area contributed by atoms with Gasteiger partial charge in [0.15, 0.2) is 0 Å². The third-order valence-electron chi connectivity index (χ3n) is 4.39. The van der Waals surface area contributed by atoms with Crippen LogP contribution < -0.4 is 9.64 Å². The van der Waals surface area contributed by atoms with Gasteiger partial charge in [-0.25, -0.2) is 4.90 Å². The number of amides is 2. The lowest BCUT2D eigenvalue weighted by atomic mass is 10.1. The molecule has 0 N–H and O–H groups in total. The predicted octanol–water partition coefficient (Wildman–Crippen LogP) is 6.92. The summed E-state index contributed by atoms with van der Waals surface area (Å²) in [6.07, 6.45) is 1.69. The van der Waals surface area contributed by atoms with E-state index in [1.807, 2.05) is 48.5 Å². The Morgan fingerprint density at radius 3 is 2.40 bits per heavy atom. The summed E-state index contributed by atoms with van der Waals surface area (Å²) in [4.78, 5) is 26.8. The molecule has 150 valence electrons. The maximum absolute atomic E-state index is 12.9. The number of thioether (sulfide) groups is 1. The van der Waals surface area contributed by atoms with E-state index in [0.717, 1.165) is 32.3 Å². The van der Waals surface area contributed by atoms with Crippen LogP contribution in [0.1, 0.15) is 11.1 Å². The van der Waals surface area contributed by atoms with Crippen LogP contribution in [0.25, 0.3) is 6.08 Å². The van der Waals surface area contributed by atoms with Gasteiger partial charge >= 0.3 is 0 Å². The molecule has 1 aliphatic rings. The lowest BCUT2D eigenvalue weighted by Gasteiger charge is -2.12. The topological polar surface area (TPSA) is 46.6 Å². The number of benzene rings is 3. The van der Waals surface area contributed by atoms with Gasteiger partial charge < -0.3 is 4.74 Å². The Hall–Kier alpha value is -2.54. The molecule has 0 radical (unpaired) electrons. The van der Waals surface area contributed by atoms with E-state index in [2.05, 4.69) is 15.9 Å². The Morgan fingerprint density at radius 1 is 0.967 bits per heavy atom. The lowest BCUT2D eigenvalue weighted by Crippen LogP contribution is -2.27. The zero-order valence-electron chi connectivity index (χ0n) is 15.5. The highest BCUT2D eigenvalue weighted by atomic mass is 79.9. The molecule has 0 aliphatic carbocycles. The molecule has 0 aromatic heterocycles. The van der Waals surface area contributed by atoms with Crippen LogP contribution in [-0.4, -0.2) is 11.1 Å². The number of halogens is 2. The fraction of sp³-hybridized carbons (Fsp3) is 0.0435. The minimum Gasteiger partial charge on any atom is -0.488 e. The number of anilines is 1. The van der Waals surface area contributed by atoms with Gasteiger partial charge in [0, 0.05) is 15.1 Å². The maximum Gasteiger partial charge on any atom is 0.298 e. The van der Waals surface area contributed by atoms with Crippen molar-refractivity contribution in [3.8, 4) is 5.75 Å². The highest BCUT2D eigenvalue weighted by Crippen LogP contribution is 2.37. The minimum atomic E-state index is -0.366. The van der Waals surface area contributed by atoms with Crippen LogP contribution in [0.3, 0.4) is 0 Å². The Balaban J connectivity index is 1.56. The fourth-order valence-electron chi connectivity index (χ4n) is 2.89. The molecule has 4 rings (SSSR count). The summed E-state index contributed by atoms with van der Waals surface area (Å²) in [7, 11) is 0. The van der Waals surface area contributed by atoms with Gasteiger partial charge in [0.25, 0.3) is 11.1 Å². The number of imide groups is 1. The largest absolute Gasteiger partial charge is 0.488 e. The minimum absolute atomic E-state index is 0.342. The number of rotatable bonds is 5. The molecule has 3 aromatic carbocycles. The van der Waals surface area contributed by atoms with Crippen molar-refractivity contribution in [1.29, 1.82) is 0 Å². The Kier molecular flexibility index (Phi) is 6.27. The van der Waals surface area contributed by atoms with E-state index in [1.165, 1.54) is 0 Å². The second-order valence-corrected chi connectivity index (χ2v) is 8.79. The summed E-state index contributed by atoms with van der Waals surface area (Å²) in [5.41, 5.74) is 2.25. The lowest BCUT2D eigenvalue weighted by molar-refractivity contribution is -0.113. The quantitative estimate of drug-likeness (QED) is 0.357. The standard InChI is InChI=1S/C23H15BrClNO3S/c24-17-7-5-15(6-8-17)14-29-20-4-2-1-3-16(20)13-21-22(27)26(23(28)30-21)19-11-9-18(25)10-12-19/h1-13H,14H2/b21-13+. The maximum atomic E-state index is 12.9. The Bertz CT molecular complexity index is 1130. The highest BCUT2D eigenvalue weighted by Gasteiger charge is 2.36. The molecule has 1 aliphatic heterocycles. The van der Waals surface area contributed by atoms with E-state index in [9.17, 15) is 9.59 Å². The SMILES string of the molecule is O=C1S/C(=C/c2ccccc2OCc2ccc(Br)cc2)C(=O)N1c1ccc(Cl)cc1. The normalized spacial score (nSPS) is 15.1. The molecule has 0 atom stereocenters. The summed E-state index contributed by atoms with van der Waals surface area (Å²) < 4.78 is 6.97. The van der Waals surface area contributed by atoms with E-state index in [1.54, 1.807) is 30.3 Å². The fourth-order valence-corrected chi connectivity index (χ4v) is 4.12. The van der Waals surface area contributed by atoms with Crippen LogP contribution in [0.15, 0.2) is 82.2 Å². The van der Waals surface area contributed by atoms with Gasteiger partial charge in [0.05, 0.1) is 10.6 Å². The van der Waals surface area contributed by atoms with E-state index < -0.39 is 0 Å². The van der Waals surface area contributed by atoms with Crippen LogP contribution in [0, 0.1) is 0 Å². The molecule has 1 saturated heterocycles. The first-order chi connectivity index (χ1) is 14.5. The zero-order valence-corrected chi connectivity index (χ0v) is 18.7. The molecule has 7 heteroatoms. The predicted molar refractivity (Wildman–Crippen MR) is 125 cm³/mol. The van der Waals surface area contributed by atoms with Crippen molar-refractivity contribution in [2.75, 3.05) is 4.90 Å². The first-order valence-corrected chi connectivity index (χ1v) is 11.0. The Morgan fingerprint density at radius 2 is 1.67 bits per heavy atom. The molecule has 3 aromatic rings. The average Bonchev–Trinajstić information content (AvgIpc) is 3.02. The first-order valence-electron chi connectivity index (χ1n) is 9.01. The van der Waals surface area contributed by atoms with Crippen molar-refractivity contribution in [1.82, 2.24) is 0 Å². The number of ether oxygens (including phenoxy) is 1. The zero-order chi connectivity index (χ0) is 21.1. The average molecular weight is 501 g/mol. The van der Waals surface area contributed by atoms with Crippen LogP contribution in [0.2, 0.25) is 5.02 Å². The summed E-state index contributed by atoms with van der Waals surface area (Å²) in [6, 6.07) is 21.9. The number of nitrogens with zero attached hydrogens (tertiary/aromatic N) is 1. The number of para-hydroxylation sites is 1. The van der Waals surface area contributed by atoms with Crippen molar-refractivity contribution in [3.63, 3.8) is 0 Å². The third kappa shape index (κ3) is 4.61. The second-order valence-electron chi connectivity index (χ2n) is 6.45. The van der Waals surface area contributed by atoms with Crippen LogP contribution in [0.5, 0.6) is 5.75 Å². The molecule has 1 heterocycles. The number of hydrogen-bond donors (Lipinski definition) is 0. The molecule has 4 nitrogen and oxygen atoms in total. The molecule has 0 unspecified atom stereocenters. The van der Waals surface area contributed by atoms with Crippen LogP contribution >= 0.6 is 39.3 Å². The third-order valence-corrected chi connectivity index (χ3v) is 6.04. The molecule has 0 spiro atoms. The van der Waals surface area contributed by atoms with Gasteiger partial charge in [-0.1, -0.05) is 57.9 Å². The smallest absolute Gasteiger partial charge is 0.298 e. The van der Waals surface area contributed by atoms with E-state index in [0.29, 0.717) is 28.0 Å². The molecule has 0 saturated carbocycles. The van der Waals surface area contributed by atoms with Crippen LogP contribution in [-0.2, 0) is 11.4 Å². The van der Waals surface area contributed by atoms with Crippen molar-refractivity contribution in [3.05, 3.63) is 98.3 Å². The summed E-state index contributed by atoms with van der Waals surface area (Å²) in [6.45, 7) is 0.393. The number of carbonyl (C=O) groups is 2. The number of hydrogen-bond acceptors (Lipinski definition) is 4. The number of carbonyl (C=O) groups excluding carboxylic acids is 2. The van der Waals surface area contributed by atoms with Crippen molar-refractivity contribution in [2.24, 2.45) is 0 Å². The molecule has 0 bridgehead atoms. The van der Waals surface area contributed by atoms with Crippen LogP contribution in [0.4, 0.5) is 10.5 Å². The molecule has 2 amide bonds. The first kappa shape index (κ1) is 20.7. The van der Waals surface area contributed by atoms with E-state index in [4.69, 9.17) is 16.3 Å². The van der Waals surface area contributed by atoms with E-state index in [-0.39, 0.29) is 11.1 Å².